The Morgan fingerprint density at radius 2 is 1.94 bits per heavy atom. The number of para-hydroxylation sites is 2. The van der Waals surface area contributed by atoms with Crippen molar-refractivity contribution in [2.45, 2.75) is 31.8 Å². The highest BCUT2D eigenvalue weighted by Crippen LogP contribution is 2.37. The number of nitrogens with one attached hydrogen (secondary N) is 1. The summed E-state index contributed by atoms with van der Waals surface area (Å²) in [7, 11) is 0. The Bertz CT molecular complexity index is 1010. The van der Waals surface area contributed by atoms with Gasteiger partial charge >= 0.3 is 0 Å². The summed E-state index contributed by atoms with van der Waals surface area (Å²) in [5.74, 6) is 2.56. The van der Waals surface area contributed by atoms with Crippen molar-refractivity contribution >= 4 is 22.9 Å². The van der Waals surface area contributed by atoms with E-state index in [1.807, 2.05) is 0 Å². The number of benzene rings is 1. The van der Waals surface area contributed by atoms with Gasteiger partial charge in [-0.2, -0.15) is 0 Å². The van der Waals surface area contributed by atoms with Crippen LogP contribution in [0, 0.1) is 5.92 Å². The minimum atomic E-state index is 0.199. The van der Waals surface area contributed by atoms with Gasteiger partial charge in [0.1, 0.15) is 6.17 Å². The standard InChI is InChI=1S/C24H33N7O/c1-2-7-19(8-3-1)22-27-23-25-17-29(12-6-11-28-13-15-32-16-14-28)18-30(23)24-26-20-9-4-5-10-21(20)31(22)24/h1-2,4-5,9-10,19,22H,3,6-8,11-18H2,(H,25,27)/t19-,22-/m0/s1. The highest BCUT2D eigenvalue weighted by atomic mass is 16.5. The van der Waals surface area contributed by atoms with Crippen molar-refractivity contribution in [3.63, 3.8) is 0 Å². The first-order chi connectivity index (χ1) is 15.9. The van der Waals surface area contributed by atoms with Crippen LogP contribution in [-0.2, 0) is 4.74 Å². The highest BCUT2D eigenvalue weighted by molar-refractivity contribution is 5.98. The first kappa shape index (κ1) is 20.2. The van der Waals surface area contributed by atoms with Crippen molar-refractivity contribution in [3.05, 3.63) is 36.4 Å². The van der Waals surface area contributed by atoms with Crippen molar-refractivity contribution in [3.8, 4) is 0 Å². The third-order valence-corrected chi connectivity index (χ3v) is 7.20. The molecular formula is C24H33N7O. The molecule has 0 unspecified atom stereocenters. The number of nitrogens with zero attached hydrogens (tertiary/aromatic N) is 6. The zero-order valence-electron chi connectivity index (χ0n) is 18.7. The number of morpholine rings is 1. The molecule has 1 aromatic heterocycles. The maximum Gasteiger partial charge on any atom is 0.216 e. The lowest BCUT2D eigenvalue weighted by molar-refractivity contribution is 0.0361. The van der Waals surface area contributed by atoms with Crippen LogP contribution in [0.1, 0.15) is 31.8 Å². The van der Waals surface area contributed by atoms with Crippen LogP contribution >= 0.6 is 0 Å². The average Bonchev–Trinajstić information content (AvgIpc) is 3.25. The van der Waals surface area contributed by atoms with Gasteiger partial charge in [0, 0.05) is 25.6 Å². The number of aliphatic imine (C=N–C) groups is 1. The molecule has 0 spiro atoms. The minimum Gasteiger partial charge on any atom is -0.379 e. The lowest BCUT2D eigenvalue weighted by Gasteiger charge is -2.44. The summed E-state index contributed by atoms with van der Waals surface area (Å²) in [4.78, 5) is 17.2. The topological polar surface area (TPSA) is 61.2 Å². The lowest BCUT2D eigenvalue weighted by atomic mass is 9.91. The third kappa shape index (κ3) is 3.80. The van der Waals surface area contributed by atoms with E-state index in [1.165, 1.54) is 11.9 Å². The molecule has 170 valence electrons. The Hall–Kier alpha value is -2.42. The first-order valence-electron chi connectivity index (χ1n) is 12.1. The summed E-state index contributed by atoms with van der Waals surface area (Å²) in [6, 6.07) is 8.52. The maximum atomic E-state index is 5.47. The summed E-state index contributed by atoms with van der Waals surface area (Å²) in [5.41, 5.74) is 2.27. The van der Waals surface area contributed by atoms with E-state index in [2.05, 4.69) is 61.0 Å². The van der Waals surface area contributed by atoms with Gasteiger partial charge in [0.05, 0.1) is 37.6 Å². The molecule has 3 aliphatic heterocycles. The van der Waals surface area contributed by atoms with Crippen LogP contribution in [0.15, 0.2) is 41.4 Å². The second kappa shape index (κ2) is 8.84. The van der Waals surface area contributed by atoms with E-state index in [1.54, 1.807) is 0 Å². The Labute approximate surface area is 189 Å². The summed E-state index contributed by atoms with van der Waals surface area (Å²) in [6.45, 7) is 7.59. The number of anilines is 1. The fourth-order valence-electron chi connectivity index (χ4n) is 5.46. The predicted molar refractivity (Wildman–Crippen MR) is 127 cm³/mol. The number of aromatic nitrogens is 2. The Morgan fingerprint density at radius 3 is 2.81 bits per heavy atom. The van der Waals surface area contributed by atoms with Crippen molar-refractivity contribution in [1.82, 2.24) is 24.7 Å². The molecule has 0 amide bonds. The van der Waals surface area contributed by atoms with E-state index in [4.69, 9.17) is 14.7 Å². The number of fused-ring (bicyclic) bond motifs is 5. The van der Waals surface area contributed by atoms with Crippen molar-refractivity contribution in [2.24, 2.45) is 10.9 Å². The predicted octanol–water partition coefficient (Wildman–Crippen LogP) is 2.61. The molecule has 1 fully saturated rings. The number of ether oxygens (including phenoxy) is 1. The molecular weight excluding hydrogens is 402 g/mol. The zero-order chi connectivity index (χ0) is 21.3. The number of rotatable bonds is 5. The fraction of sp³-hybridized carbons (Fsp3) is 0.583. The largest absolute Gasteiger partial charge is 0.379 e. The summed E-state index contributed by atoms with van der Waals surface area (Å²) in [6.07, 6.45) is 9.44. The van der Waals surface area contributed by atoms with Crippen LogP contribution < -0.4 is 10.2 Å². The van der Waals surface area contributed by atoms with Crippen LogP contribution in [0.3, 0.4) is 0 Å². The van der Waals surface area contributed by atoms with E-state index in [0.29, 0.717) is 5.92 Å². The Kier molecular flexibility index (Phi) is 5.58. The molecule has 0 radical (unpaired) electrons. The van der Waals surface area contributed by atoms with Crippen LogP contribution in [0.25, 0.3) is 11.0 Å². The Balaban J connectivity index is 1.23. The minimum absolute atomic E-state index is 0.199. The monoisotopic (exact) mass is 435 g/mol. The molecule has 1 N–H and O–H groups in total. The molecule has 1 aliphatic carbocycles. The second-order valence-corrected chi connectivity index (χ2v) is 9.30. The lowest BCUT2D eigenvalue weighted by Crippen LogP contribution is -2.58. The highest BCUT2D eigenvalue weighted by Gasteiger charge is 2.38. The quantitative estimate of drug-likeness (QED) is 0.729. The van der Waals surface area contributed by atoms with Gasteiger partial charge in [-0.15, -0.1) is 0 Å². The first-order valence-corrected chi connectivity index (χ1v) is 12.1. The molecule has 6 rings (SSSR count). The van der Waals surface area contributed by atoms with Gasteiger partial charge in [-0.05, 0) is 44.4 Å². The Morgan fingerprint density at radius 1 is 1.06 bits per heavy atom. The molecule has 8 heteroatoms. The van der Waals surface area contributed by atoms with Gasteiger partial charge in [-0.3, -0.25) is 19.3 Å². The SMILES string of the molecule is C1=CC[C@H]([C@H]2NC3=NCN(CCCN4CCOCC4)CN3c3nc4ccccc4n32)CC1. The molecule has 4 heterocycles. The van der Waals surface area contributed by atoms with Gasteiger partial charge in [-0.25, -0.2) is 9.98 Å². The molecule has 2 aromatic rings. The number of allylic oxidation sites excluding steroid dienone is 2. The van der Waals surface area contributed by atoms with E-state index in [9.17, 15) is 0 Å². The summed E-state index contributed by atoms with van der Waals surface area (Å²) >= 11 is 0. The molecule has 8 nitrogen and oxygen atoms in total. The van der Waals surface area contributed by atoms with E-state index >= 15 is 0 Å². The number of guanidine groups is 1. The van der Waals surface area contributed by atoms with Crippen molar-refractivity contribution in [2.75, 3.05) is 57.6 Å². The van der Waals surface area contributed by atoms with E-state index in [-0.39, 0.29) is 6.17 Å². The smallest absolute Gasteiger partial charge is 0.216 e. The average molecular weight is 436 g/mol. The van der Waals surface area contributed by atoms with Gasteiger partial charge in [0.15, 0.2) is 0 Å². The molecule has 32 heavy (non-hydrogen) atoms. The van der Waals surface area contributed by atoms with E-state index < -0.39 is 0 Å². The molecule has 0 bridgehead atoms. The van der Waals surface area contributed by atoms with Crippen molar-refractivity contribution in [1.29, 1.82) is 0 Å². The van der Waals surface area contributed by atoms with Crippen LogP contribution in [0.5, 0.6) is 0 Å². The van der Waals surface area contributed by atoms with E-state index in [0.717, 1.165) is 89.4 Å². The van der Waals surface area contributed by atoms with Gasteiger partial charge in [-0.1, -0.05) is 24.3 Å². The number of hydrogen-bond acceptors (Lipinski definition) is 7. The molecule has 1 aromatic carbocycles. The number of imidazole rings is 1. The van der Waals surface area contributed by atoms with Gasteiger partial charge in [0.25, 0.3) is 0 Å². The van der Waals surface area contributed by atoms with Gasteiger partial charge < -0.3 is 10.1 Å². The van der Waals surface area contributed by atoms with Crippen LogP contribution in [-0.4, -0.2) is 78.0 Å². The third-order valence-electron chi connectivity index (χ3n) is 7.20. The zero-order valence-corrected chi connectivity index (χ0v) is 18.7. The van der Waals surface area contributed by atoms with Crippen LogP contribution in [0.4, 0.5) is 5.95 Å². The molecule has 1 saturated heterocycles. The summed E-state index contributed by atoms with van der Waals surface area (Å²) < 4.78 is 7.90. The second-order valence-electron chi connectivity index (χ2n) is 9.30. The van der Waals surface area contributed by atoms with Crippen molar-refractivity contribution < 1.29 is 4.74 Å². The molecule has 2 atom stereocenters. The van der Waals surface area contributed by atoms with Gasteiger partial charge in [0.2, 0.25) is 11.9 Å². The van der Waals surface area contributed by atoms with Crippen LogP contribution in [0.2, 0.25) is 0 Å². The number of hydrogen-bond donors (Lipinski definition) is 1. The maximum absolute atomic E-state index is 5.47. The fourth-order valence-corrected chi connectivity index (χ4v) is 5.46. The normalized spacial score (nSPS) is 26.5. The summed E-state index contributed by atoms with van der Waals surface area (Å²) in [5, 5.41) is 3.80. The molecule has 4 aliphatic rings. The molecule has 0 saturated carbocycles.